The third-order valence-electron chi connectivity index (χ3n) is 4.71. The number of ketones is 1. The highest BCUT2D eigenvalue weighted by Gasteiger charge is 2.23. The second kappa shape index (κ2) is 12.6. The zero-order valence-corrected chi connectivity index (χ0v) is 19.5. The van der Waals surface area contributed by atoms with Crippen LogP contribution in [0, 0.1) is 5.82 Å². The molecule has 0 saturated carbocycles. The third-order valence-corrected chi connectivity index (χ3v) is 5.89. The lowest BCUT2D eigenvalue weighted by Gasteiger charge is -2.21. The molecule has 0 saturated heterocycles. The molecule has 3 aromatic carbocycles. The number of anilines is 1. The molecule has 0 aliphatic heterocycles. The Bertz CT molecular complexity index is 1130. The average Bonchev–Trinajstić information content (AvgIpc) is 2.87. The molecule has 0 aliphatic carbocycles. The number of ether oxygens (including phenoxy) is 1. The zero-order valence-electron chi connectivity index (χ0n) is 18.7. The minimum absolute atomic E-state index is 0.0268. The molecule has 0 bridgehead atoms. The minimum atomic E-state index is -0.741. The number of halogens is 1. The van der Waals surface area contributed by atoms with Gasteiger partial charge in [0.25, 0.3) is 0 Å². The molecule has 0 radical (unpaired) electrons. The van der Waals surface area contributed by atoms with Crippen LogP contribution in [0.4, 0.5) is 14.9 Å². The summed E-state index contributed by atoms with van der Waals surface area (Å²) in [6.07, 6.45) is 0.101. The minimum Gasteiger partial charge on any atom is -0.444 e. The maximum atomic E-state index is 14.6. The lowest BCUT2D eigenvalue weighted by atomic mass is 10.0. The topological polar surface area (TPSA) is 75.7 Å². The largest absolute Gasteiger partial charge is 0.444 e. The highest BCUT2D eigenvalue weighted by molar-refractivity contribution is 7.97. The Labute approximate surface area is 202 Å². The Hall–Kier alpha value is -3.65. The van der Waals surface area contributed by atoms with Crippen LogP contribution >= 0.6 is 11.9 Å². The molecule has 8 heteroatoms. The van der Waals surface area contributed by atoms with Crippen molar-refractivity contribution >= 4 is 35.4 Å². The number of carbonyl (C=O) groups excluding carboxylic acids is 3. The van der Waals surface area contributed by atoms with Gasteiger partial charge < -0.3 is 10.1 Å². The summed E-state index contributed by atoms with van der Waals surface area (Å²) in [5.74, 6) is -1.22. The van der Waals surface area contributed by atoms with E-state index in [-0.39, 0.29) is 24.4 Å². The summed E-state index contributed by atoms with van der Waals surface area (Å²) < 4.78 is 21.2. The molecule has 0 unspecified atom stereocenters. The highest BCUT2D eigenvalue weighted by Crippen LogP contribution is 2.23. The van der Waals surface area contributed by atoms with Gasteiger partial charge in [0.2, 0.25) is 5.91 Å². The summed E-state index contributed by atoms with van der Waals surface area (Å²) in [7, 11) is 0. The number of nitrogens with zero attached hydrogens (tertiary/aromatic N) is 1. The van der Waals surface area contributed by atoms with Crippen molar-refractivity contribution in [3.63, 3.8) is 0 Å². The number of para-hydroxylation sites is 1. The van der Waals surface area contributed by atoms with Crippen molar-refractivity contribution in [2.24, 2.45) is 0 Å². The van der Waals surface area contributed by atoms with Gasteiger partial charge in [-0.2, -0.15) is 0 Å². The zero-order chi connectivity index (χ0) is 24.3. The molecule has 0 aliphatic rings. The Kier molecular flexibility index (Phi) is 9.22. The maximum absolute atomic E-state index is 14.6. The lowest BCUT2D eigenvalue weighted by molar-refractivity contribution is -0.116. The van der Waals surface area contributed by atoms with Crippen molar-refractivity contribution in [2.75, 3.05) is 17.6 Å². The van der Waals surface area contributed by atoms with E-state index in [4.69, 9.17) is 4.74 Å². The quantitative estimate of drug-likeness (QED) is 0.298. The van der Waals surface area contributed by atoms with E-state index in [0.29, 0.717) is 11.3 Å². The van der Waals surface area contributed by atoms with Crippen LogP contribution in [0.5, 0.6) is 0 Å². The van der Waals surface area contributed by atoms with Gasteiger partial charge in [-0.1, -0.05) is 73.7 Å². The van der Waals surface area contributed by atoms with E-state index < -0.39 is 23.6 Å². The van der Waals surface area contributed by atoms with Crippen LogP contribution < -0.4 is 5.32 Å². The number of carbonyl (C=O) groups is 3. The molecule has 0 heterocycles. The molecular formula is C26H25FN2O4S. The summed E-state index contributed by atoms with van der Waals surface area (Å²) >= 11 is 1.15. The summed E-state index contributed by atoms with van der Waals surface area (Å²) in [5.41, 5.74) is 0.989. The molecule has 34 heavy (non-hydrogen) atoms. The first-order valence-electron chi connectivity index (χ1n) is 10.8. The molecule has 0 fully saturated rings. The van der Waals surface area contributed by atoms with Crippen LogP contribution in [0.2, 0.25) is 0 Å². The van der Waals surface area contributed by atoms with Crippen molar-refractivity contribution in [3.05, 3.63) is 101 Å². The molecule has 2 amide bonds. The van der Waals surface area contributed by atoms with Gasteiger partial charge in [0.15, 0.2) is 5.78 Å². The summed E-state index contributed by atoms with van der Waals surface area (Å²) in [5, 5.41) is 2.47. The predicted molar refractivity (Wildman–Crippen MR) is 131 cm³/mol. The second-order valence-electron chi connectivity index (χ2n) is 7.32. The normalized spacial score (nSPS) is 10.4. The smallest absolute Gasteiger partial charge is 0.420 e. The molecule has 1 N–H and O–H groups in total. The molecule has 0 aromatic heterocycles. The van der Waals surface area contributed by atoms with Gasteiger partial charge in [-0.05, 0) is 36.1 Å². The maximum Gasteiger partial charge on any atom is 0.420 e. The van der Waals surface area contributed by atoms with Gasteiger partial charge in [0.1, 0.15) is 19.0 Å². The van der Waals surface area contributed by atoms with Crippen molar-refractivity contribution in [3.8, 4) is 0 Å². The van der Waals surface area contributed by atoms with Gasteiger partial charge in [0.05, 0.1) is 5.69 Å². The molecular weight excluding hydrogens is 455 g/mol. The molecule has 3 aromatic rings. The van der Waals surface area contributed by atoms with Crippen molar-refractivity contribution in [1.82, 2.24) is 4.31 Å². The number of nitrogens with one attached hydrogen (secondary N) is 1. The van der Waals surface area contributed by atoms with E-state index >= 15 is 0 Å². The fourth-order valence-electron chi connectivity index (χ4n) is 3.05. The van der Waals surface area contributed by atoms with Gasteiger partial charge in [-0.25, -0.2) is 13.5 Å². The third kappa shape index (κ3) is 6.92. The Balaban J connectivity index is 1.71. The van der Waals surface area contributed by atoms with Gasteiger partial charge in [-0.15, -0.1) is 0 Å². The summed E-state index contributed by atoms with van der Waals surface area (Å²) in [4.78, 5) is 38.3. The Morgan fingerprint density at radius 3 is 2.29 bits per heavy atom. The van der Waals surface area contributed by atoms with Crippen molar-refractivity contribution in [2.45, 2.75) is 20.0 Å². The monoisotopic (exact) mass is 480 g/mol. The van der Waals surface area contributed by atoms with Crippen LogP contribution in [0.3, 0.4) is 0 Å². The summed E-state index contributed by atoms with van der Waals surface area (Å²) in [6.45, 7) is 1.64. The molecule has 6 nitrogen and oxygen atoms in total. The average molecular weight is 481 g/mol. The SMILES string of the molecule is CCCSN(CC(=O)Nc1c(F)cccc1C(=O)c1ccccc1)C(=O)OCc1ccccc1. The number of hydrogen-bond donors (Lipinski definition) is 1. The fourth-order valence-corrected chi connectivity index (χ4v) is 3.82. The first-order valence-corrected chi connectivity index (χ1v) is 11.7. The van der Waals surface area contributed by atoms with E-state index in [0.717, 1.165) is 30.0 Å². The van der Waals surface area contributed by atoms with E-state index in [1.807, 2.05) is 37.3 Å². The van der Waals surface area contributed by atoms with E-state index in [2.05, 4.69) is 5.32 Å². The fraction of sp³-hybridized carbons (Fsp3) is 0.192. The van der Waals surface area contributed by atoms with Crippen LogP contribution in [-0.4, -0.2) is 34.4 Å². The summed E-state index contributed by atoms with van der Waals surface area (Å²) in [6, 6.07) is 21.6. The molecule has 0 atom stereocenters. The van der Waals surface area contributed by atoms with Crippen molar-refractivity contribution < 1.29 is 23.5 Å². The first-order chi connectivity index (χ1) is 16.5. The van der Waals surface area contributed by atoms with Crippen LogP contribution in [0.15, 0.2) is 78.9 Å². The number of rotatable bonds is 10. The van der Waals surface area contributed by atoms with E-state index in [9.17, 15) is 18.8 Å². The van der Waals surface area contributed by atoms with Crippen LogP contribution in [0.25, 0.3) is 0 Å². The van der Waals surface area contributed by atoms with Crippen LogP contribution in [0.1, 0.15) is 34.8 Å². The van der Waals surface area contributed by atoms with Gasteiger partial charge >= 0.3 is 6.09 Å². The standard InChI is InChI=1S/C26H25FN2O4S/c1-2-16-34-29(26(32)33-18-19-10-5-3-6-11-19)17-23(30)28-24-21(14-9-15-22(24)27)25(31)20-12-7-4-8-13-20/h3-15H,2,16-18H2,1H3,(H,28,30). The predicted octanol–water partition coefficient (Wildman–Crippen LogP) is 5.69. The molecule has 176 valence electrons. The molecule has 0 spiro atoms. The van der Waals surface area contributed by atoms with E-state index in [1.165, 1.54) is 16.4 Å². The van der Waals surface area contributed by atoms with Crippen LogP contribution in [-0.2, 0) is 16.1 Å². The molecule has 3 rings (SSSR count). The number of benzene rings is 3. The first kappa shape index (κ1) is 25.0. The van der Waals surface area contributed by atoms with Gasteiger partial charge in [-0.3, -0.25) is 9.59 Å². The van der Waals surface area contributed by atoms with Crippen molar-refractivity contribution in [1.29, 1.82) is 0 Å². The number of hydrogen-bond acceptors (Lipinski definition) is 5. The Morgan fingerprint density at radius 2 is 1.62 bits per heavy atom. The second-order valence-corrected chi connectivity index (χ2v) is 8.42. The number of amides is 2. The van der Waals surface area contributed by atoms with Gasteiger partial charge in [0, 0.05) is 16.9 Å². The lowest BCUT2D eigenvalue weighted by Crippen LogP contribution is -2.34. The highest BCUT2D eigenvalue weighted by atomic mass is 32.2. The Morgan fingerprint density at radius 1 is 0.941 bits per heavy atom. The van der Waals surface area contributed by atoms with E-state index in [1.54, 1.807) is 30.3 Å².